The quantitative estimate of drug-likeness (QED) is 0.401. The molecule has 0 spiro atoms. The number of aromatic nitrogens is 4. The summed E-state index contributed by atoms with van der Waals surface area (Å²) in [5.41, 5.74) is 1.17. The summed E-state index contributed by atoms with van der Waals surface area (Å²) in [6.45, 7) is 5.45. The number of nitrogens with one attached hydrogen (secondary N) is 2. The van der Waals surface area contributed by atoms with Crippen LogP contribution >= 0.6 is 11.6 Å². The largest absolute Gasteiger partial charge is 0.424 e. The first-order valence-corrected chi connectivity index (χ1v) is 11.7. The topological polar surface area (TPSA) is 102 Å². The fraction of sp³-hybridized carbons (Fsp3) is 0.238. The van der Waals surface area contributed by atoms with E-state index in [2.05, 4.69) is 19.9 Å². The zero-order valence-electron chi connectivity index (χ0n) is 17.6. The van der Waals surface area contributed by atoms with Gasteiger partial charge in [0, 0.05) is 29.3 Å². The molecule has 8 nitrogen and oxygen atoms in total. The van der Waals surface area contributed by atoms with Crippen molar-refractivity contribution in [2.75, 3.05) is 0 Å². The second kappa shape index (κ2) is 8.53. The van der Waals surface area contributed by atoms with Crippen molar-refractivity contribution in [2.24, 2.45) is 0 Å². The molecule has 0 bridgehead atoms. The van der Waals surface area contributed by atoms with Crippen molar-refractivity contribution in [3.05, 3.63) is 64.8 Å². The average molecular weight is 478 g/mol. The third-order valence-electron chi connectivity index (χ3n) is 5.07. The van der Waals surface area contributed by atoms with E-state index < -0.39 is 21.9 Å². The maximum Gasteiger partial charge on any atom is 0.322 e. The number of hydrogen-bond acceptors (Lipinski definition) is 5. The summed E-state index contributed by atoms with van der Waals surface area (Å²) in [5.74, 6) is 0.180. The minimum atomic E-state index is -4.08. The monoisotopic (exact) mass is 477 g/mol. The number of sulfonamides is 1. The van der Waals surface area contributed by atoms with Crippen LogP contribution in [0.4, 0.5) is 4.39 Å². The Morgan fingerprint density at radius 3 is 2.78 bits per heavy atom. The summed E-state index contributed by atoms with van der Waals surface area (Å²) < 4.78 is 49.7. The van der Waals surface area contributed by atoms with Gasteiger partial charge in [-0.3, -0.25) is 4.57 Å². The maximum atomic E-state index is 13.8. The van der Waals surface area contributed by atoms with Gasteiger partial charge in [-0.15, -0.1) is 5.10 Å². The number of H-pyrrole nitrogens is 1. The molecule has 0 aliphatic carbocycles. The zero-order valence-corrected chi connectivity index (χ0v) is 19.1. The van der Waals surface area contributed by atoms with Gasteiger partial charge in [0.05, 0.1) is 10.9 Å². The van der Waals surface area contributed by atoms with Gasteiger partial charge >= 0.3 is 6.01 Å². The first kappa shape index (κ1) is 22.3. The fourth-order valence-corrected chi connectivity index (χ4v) is 5.18. The van der Waals surface area contributed by atoms with Crippen LogP contribution in [0.3, 0.4) is 0 Å². The van der Waals surface area contributed by atoms with Gasteiger partial charge in [-0.2, -0.15) is 0 Å². The molecule has 2 heterocycles. The smallest absolute Gasteiger partial charge is 0.322 e. The Bertz CT molecular complexity index is 1400. The molecule has 0 aliphatic rings. The Morgan fingerprint density at radius 2 is 2.03 bits per heavy atom. The Labute approximate surface area is 189 Å². The Hall–Kier alpha value is -2.95. The Balaban J connectivity index is 1.60. The van der Waals surface area contributed by atoms with Crippen molar-refractivity contribution >= 4 is 32.5 Å². The van der Waals surface area contributed by atoms with Crippen LogP contribution in [0.25, 0.3) is 10.9 Å². The Kier molecular flexibility index (Phi) is 5.93. The minimum Gasteiger partial charge on any atom is -0.424 e. The molecule has 0 unspecified atom stereocenters. The molecule has 2 aromatic carbocycles. The minimum absolute atomic E-state index is 0.0319. The lowest BCUT2D eigenvalue weighted by Gasteiger charge is -2.16. The highest BCUT2D eigenvalue weighted by molar-refractivity contribution is 7.89. The number of rotatable bonds is 7. The van der Waals surface area contributed by atoms with Crippen molar-refractivity contribution in [2.45, 2.75) is 38.3 Å². The second-order valence-corrected chi connectivity index (χ2v) is 9.36. The molecule has 0 radical (unpaired) electrons. The predicted octanol–water partition coefficient (Wildman–Crippen LogP) is 4.71. The number of halogens is 2. The van der Waals surface area contributed by atoms with Crippen LogP contribution in [0.2, 0.25) is 5.02 Å². The lowest BCUT2D eigenvalue weighted by Crippen LogP contribution is -2.29. The first-order chi connectivity index (χ1) is 15.2. The van der Waals surface area contributed by atoms with E-state index in [1.165, 1.54) is 6.92 Å². The second-order valence-electron chi connectivity index (χ2n) is 7.27. The Morgan fingerprint density at radius 1 is 1.25 bits per heavy atom. The highest BCUT2D eigenvalue weighted by Crippen LogP contribution is 2.28. The van der Waals surface area contributed by atoms with Gasteiger partial charge in [0.15, 0.2) is 5.82 Å². The molecule has 4 aromatic rings. The molecule has 1 atom stereocenters. The van der Waals surface area contributed by atoms with Gasteiger partial charge in [-0.1, -0.05) is 16.7 Å². The SMILES string of the molecule is CCn1c(Oc2ccc3cc[nH]c3c2)nnc1[C@@H](C)NS(=O)(=O)c1cc(F)cc(Cl)c1C. The summed E-state index contributed by atoms with van der Waals surface area (Å²) >= 11 is 5.96. The molecule has 168 valence electrons. The third kappa shape index (κ3) is 4.21. The van der Waals surface area contributed by atoms with E-state index in [0.717, 1.165) is 23.0 Å². The van der Waals surface area contributed by atoms with Crippen molar-refractivity contribution < 1.29 is 17.5 Å². The molecule has 4 rings (SSSR count). The summed E-state index contributed by atoms with van der Waals surface area (Å²) in [5, 5.41) is 9.29. The van der Waals surface area contributed by atoms with E-state index in [-0.39, 0.29) is 21.5 Å². The highest BCUT2D eigenvalue weighted by atomic mass is 35.5. The molecule has 11 heteroatoms. The standard InChI is InChI=1S/C21H21ClFN5O3S/c1-4-28-20(13(3)27-32(29,30)19-10-15(23)9-17(22)12(19)2)25-26-21(28)31-16-6-5-14-7-8-24-18(14)11-16/h5-11,13,24,27H,4H2,1-3H3/t13-/m1/s1. The van der Waals surface area contributed by atoms with Crippen LogP contribution in [-0.4, -0.2) is 28.2 Å². The van der Waals surface area contributed by atoms with E-state index in [0.29, 0.717) is 18.1 Å². The van der Waals surface area contributed by atoms with Gasteiger partial charge in [0.2, 0.25) is 10.0 Å². The molecular weight excluding hydrogens is 457 g/mol. The number of ether oxygens (including phenoxy) is 1. The first-order valence-electron chi connectivity index (χ1n) is 9.85. The van der Waals surface area contributed by atoms with Gasteiger partial charge in [0.25, 0.3) is 0 Å². The van der Waals surface area contributed by atoms with Crippen LogP contribution < -0.4 is 9.46 Å². The molecule has 0 aliphatic heterocycles. The zero-order chi connectivity index (χ0) is 23.0. The van der Waals surface area contributed by atoms with E-state index >= 15 is 0 Å². The van der Waals surface area contributed by atoms with E-state index in [4.69, 9.17) is 16.3 Å². The van der Waals surface area contributed by atoms with Crippen molar-refractivity contribution in [3.63, 3.8) is 0 Å². The lowest BCUT2D eigenvalue weighted by atomic mass is 10.2. The predicted molar refractivity (Wildman–Crippen MR) is 119 cm³/mol. The number of fused-ring (bicyclic) bond motifs is 1. The normalized spacial score (nSPS) is 12.9. The van der Waals surface area contributed by atoms with Crippen LogP contribution in [0.1, 0.15) is 31.3 Å². The van der Waals surface area contributed by atoms with Crippen LogP contribution in [0.5, 0.6) is 11.8 Å². The molecule has 2 N–H and O–H groups in total. The average Bonchev–Trinajstić information content (AvgIpc) is 3.36. The summed E-state index contributed by atoms with van der Waals surface area (Å²) in [7, 11) is -4.08. The summed E-state index contributed by atoms with van der Waals surface area (Å²) in [4.78, 5) is 2.89. The number of benzene rings is 2. The number of nitrogens with zero attached hydrogens (tertiary/aromatic N) is 3. The van der Waals surface area contributed by atoms with Crippen molar-refractivity contribution in [1.29, 1.82) is 0 Å². The van der Waals surface area contributed by atoms with Gasteiger partial charge in [0.1, 0.15) is 11.6 Å². The molecular formula is C21H21ClFN5O3S. The summed E-state index contributed by atoms with van der Waals surface area (Å²) in [6.07, 6.45) is 1.84. The molecule has 0 saturated carbocycles. The highest BCUT2D eigenvalue weighted by Gasteiger charge is 2.26. The van der Waals surface area contributed by atoms with Crippen LogP contribution in [-0.2, 0) is 16.6 Å². The summed E-state index contributed by atoms with van der Waals surface area (Å²) in [6, 6.07) is 8.99. The molecule has 0 amide bonds. The fourth-order valence-electron chi connectivity index (χ4n) is 3.44. The van der Waals surface area contributed by atoms with E-state index in [1.807, 2.05) is 37.4 Å². The van der Waals surface area contributed by atoms with Crippen molar-refractivity contribution in [3.8, 4) is 11.8 Å². The third-order valence-corrected chi connectivity index (χ3v) is 7.13. The lowest BCUT2D eigenvalue weighted by molar-refractivity contribution is 0.408. The number of hydrogen-bond donors (Lipinski definition) is 2. The van der Waals surface area contributed by atoms with Crippen LogP contribution in [0, 0.1) is 12.7 Å². The molecule has 32 heavy (non-hydrogen) atoms. The molecule has 2 aromatic heterocycles. The molecule has 0 saturated heterocycles. The maximum absolute atomic E-state index is 13.8. The van der Waals surface area contributed by atoms with Gasteiger partial charge in [-0.25, -0.2) is 17.5 Å². The van der Waals surface area contributed by atoms with E-state index in [9.17, 15) is 12.8 Å². The number of aromatic amines is 1. The van der Waals surface area contributed by atoms with Gasteiger partial charge < -0.3 is 9.72 Å². The van der Waals surface area contributed by atoms with E-state index in [1.54, 1.807) is 11.5 Å². The van der Waals surface area contributed by atoms with Crippen molar-refractivity contribution in [1.82, 2.24) is 24.5 Å². The van der Waals surface area contributed by atoms with Gasteiger partial charge in [-0.05, 0) is 62.1 Å². The van der Waals surface area contributed by atoms with Crippen LogP contribution in [0.15, 0.2) is 47.5 Å². The molecule has 0 fully saturated rings.